The van der Waals surface area contributed by atoms with E-state index in [1.165, 1.54) is 25.7 Å². The van der Waals surface area contributed by atoms with Crippen LogP contribution in [0.25, 0.3) is 16.5 Å². The standard InChI is InChI=1S/C24H34N6O2/c1-26-14-21(22(25)15-31)18-4-7-23-20(12-18)24(29-16-28-23)27-13-17-2-5-19(6-3-17)30-8-10-32-11-9-30/h4,7,12,14,16-17,19,31H,2-3,5-6,8-11,13,15,25H2,1H3,(H,27,28,29). The van der Waals surface area contributed by atoms with E-state index in [0.29, 0.717) is 23.2 Å². The molecular formula is C24H34N6O2. The van der Waals surface area contributed by atoms with Crippen molar-refractivity contribution in [3.8, 4) is 0 Å². The van der Waals surface area contributed by atoms with Gasteiger partial charge in [0.15, 0.2) is 0 Å². The fourth-order valence-electron chi connectivity index (χ4n) is 4.82. The molecule has 8 heteroatoms. The number of nitrogens with two attached hydrogens (primary N) is 1. The zero-order chi connectivity index (χ0) is 22.3. The summed E-state index contributed by atoms with van der Waals surface area (Å²) in [6.45, 7) is 4.57. The number of hydrogen-bond donors (Lipinski definition) is 3. The minimum absolute atomic E-state index is 0.219. The first-order valence-electron chi connectivity index (χ1n) is 11.5. The highest BCUT2D eigenvalue weighted by Crippen LogP contribution is 2.30. The van der Waals surface area contributed by atoms with Crippen LogP contribution in [0.2, 0.25) is 0 Å². The van der Waals surface area contributed by atoms with Crippen LogP contribution in [0, 0.1) is 5.92 Å². The Hall–Kier alpha value is -2.55. The minimum Gasteiger partial charge on any atom is -0.400 e. The van der Waals surface area contributed by atoms with E-state index in [1.807, 2.05) is 18.2 Å². The Kier molecular flexibility index (Phi) is 7.68. The number of rotatable bonds is 7. The number of aliphatic imine (C=N–C) groups is 1. The normalized spacial score (nSPS) is 23.4. The van der Waals surface area contributed by atoms with Crippen LogP contribution in [0.15, 0.2) is 35.2 Å². The van der Waals surface area contributed by atoms with Crippen molar-refractivity contribution in [1.82, 2.24) is 14.9 Å². The quantitative estimate of drug-likeness (QED) is 0.569. The number of ether oxygens (including phenoxy) is 1. The molecule has 4 rings (SSSR count). The molecule has 1 saturated carbocycles. The summed E-state index contributed by atoms with van der Waals surface area (Å²) < 4.78 is 5.50. The van der Waals surface area contributed by atoms with E-state index < -0.39 is 0 Å². The van der Waals surface area contributed by atoms with Gasteiger partial charge in [0.1, 0.15) is 12.1 Å². The molecule has 2 aliphatic rings. The molecule has 0 bridgehead atoms. The average Bonchev–Trinajstić information content (AvgIpc) is 2.86. The fraction of sp³-hybridized carbons (Fsp3) is 0.542. The Morgan fingerprint density at radius 2 is 2.03 bits per heavy atom. The summed E-state index contributed by atoms with van der Waals surface area (Å²) >= 11 is 0. The molecule has 32 heavy (non-hydrogen) atoms. The predicted octanol–water partition coefficient (Wildman–Crippen LogP) is 2.30. The highest BCUT2D eigenvalue weighted by Gasteiger charge is 2.27. The van der Waals surface area contributed by atoms with Crippen LogP contribution in [-0.2, 0) is 4.74 Å². The molecule has 1 aliphatic carbocycles. The Labute approximate surface area is 189 Å². The molecule has 1 aromatic heterocycles. The fourth-order valence-corrected chi connectivity index (χ4v) is 4.82. The van der Waals surface area contributed by atoms with Crippen molar-refractivity contribution >= 4 is 28.5 Å². The van der Waals surface area contributed by atoms with Crippen LogP contribution >= 0.6 is 0 Å². The number of hydrogen-bond acceptors (Lipinski definition) is 8. The van der Waals surface area contributed by atoms with E-state index in [9.17, 15) is 5.11 Å². The van der Waals surface area contributed by atoms with Crippen molar-refractivity contribution in [3.05, 3.63) is 35.8 Å². The van der Waals surface area contributed by atoms with Crippen LogP contribution in [0.1, 0.15) is 31.2 Å². The van der Waals surface area contributed by atoms with Gasteiger partial charge in [-0.25, -0.2) is 9.97 Å². The molecule has 2 fully saturated rings. The Morgan fingerprint density at radius 1 is 1.25 bits per heavy atom. The summed E-state index contributed by atoms with van der Waals surface area (Å²) in [7, 11) is 1.69. The summed E-state index contributed by atoms with van der Waals surface area (Å²) in [6.07, 6.45) is 8.26. The number of nitrogens with zero attached hydrogens (tertiary/aromatic N) is 4. The monoisotopic (exact) mass is 438 g/mol. The third-order valence-electron chi connectivity index (χ3n) is 6.66. The lowest BCUT2D eigenvalue weighted by molar-refractivity contribution is 0.00540. The molecule has 2 heterocycles. The predicted molar refractivity (Wildman–Crippen MR) is 129 cm³/mol. The number of allylic oxidation sites excluding steroid dienone is 1. The second-order valence-corrected chi connectivity index (χ2v) is 8.64. The third kappa shape index (κ3) is 5.26. The SMILES string of the molecule is CN=CC(=C(N)CO)c1ccc2ncnc(NCC3CCC(N4CCOCC4)CC3)c2c1. The largest absolute Gasteiger partial charge is 0.400 e. The summed E-state index contributed by atoms with van der Waals surface area (Å²) in [6, 6.07) is 6.64. The zero-order valence-corrected chi connectivity index (χ0v) is 18.8. The van der Waals surface area contributed by atoms with Gasteiger partial charge in [0.2, 0.25) is 0 Å². The van der Waals surface area contributed by atoms with E-state index in [4.69, 9.17) is 10.5 Å². The number of aliphatic hydroxyl groups excluding tert-OH is 1. The lowest BCUT2D eigenvalue weighted by Crippen LogP contribution is -2.45. The van der Waals surface area contributed by atoms with Crippen molar-refractivity contribution in [2.24, 2.45) is 16.6 Å². The van der Waals surface area contributed by atoms with E-state index in [-0.39, 0.29) is 6.61 Å². The van der Waals surface area contributed by atoms with Gasteiger partial charge in [-0.3, -0.25) is 9.89 Å². The third-order valence-corrected chi connectivity index (χ3v) is 6.66. The van der Waals surface area contributed by atoms with Crippen molar-refractivity contribution in [2.45, 2.75) is 31.7 Å². The first-order valence-corrected chi connectivity index (χ1v) is 11.5. The highest BCUT2D eigenvalue weighted by molar-refractivity contribution is 6.12. The van der Waals surface area contributed by atoms with E-state index >= 15 is 0 Å². The maximum Gasteiger partial charge on any atom is 0.137 e. The highest BCUT2D eigenvalue weighted by atomic mass is 16.5. The number of benzene rings is 1. The van der Waals surface area contributed by atoms with Crippen LogP contribution in [0.4, 0.5) is 5.82 Å². The van der Waals surface area contributed by atoms with Crippen molar-refractivity contribution in [1.29, 1.82) is 0 Å². The van der Waals surface area contributed by atoms with E-state index in [1.54, 1.807) is 19.6 Å². The maximum absolute atomic E-state index is 9.50. The Balaban J connectivity index is 1.44. The van der Waals surface area contributed by atoms with Gasteiger partial charge < -0.3 is 20.9 Å². The van der Waals surface area contributed by atoms with Gasteiger partial charge in [-0.2, -0.15) is 0 Å². The second-order valence-electron chi connectivity index (χ2n) is 8.64. The van der Waals surface area contributed by atoms with Crippen LogP contribution in [0.3, 0.4) is 0 Å². The maximum atomic E-state index is 9.50. The number of anilines is 1. The van der Waals surface area contributed by atoms with E-state index in [2.05, 4.69) is 25.2 Å². The van der Waals surface area contributed by atoms with Gasteiger partial charge in [-0.15, -0.1) is 0 Å². The average molecular weight is 439 g/mol. The van der Waals surface area contributed by atoms with E-state index in [0.717, 1.165) is 55.1 Å². The molecule has 1 aliphatic heterocycles. The molecule has 1 saturated heterocycles. The first kappa shape index (κ1) is 22.6. The molecule has 0 amide bonds. The van der Waals surface area contributed by atoms with Gasteiger partial charge >= 0.3 is 0 Å². The molecule has 172 valence electrons. The number of aliphatic hydroxyl groups is 1. The molecule has 0 spiro atoms. The number of aromatic nitrogens is 2. The molecule has 4 N–H and O–H groups in total. The van der Waals surface area contributed by atoms with Gasteiger partial charge in [0, 0.05) is 55.6 Å². The summed E-state index contributed by atoms with van der Waals surface area (Å²) in [5.74, 6) is 1.48. The number of morpholine rings is 1. The minimum atomic E-state index is -0.219. The van der Waals surface area contributed by atoms with Crippen LogP contribution < -0.4 is 11.1 Å². The Bertz CT molecular complexity index is 962. The topological polar surface area (TPSA) is 109 Å². The van der Waals surface area contributed by atoms with Crippen LogP contribution in [0.5, 0.6) is 0 Å². The van der Waals surface area contributed by atoms with Crippen molar-refractivity contribution in [3.63, 3.8) is 0 Å². The van der Waals surface area contributed by atoms with Gasteiger partial charge in [-0.1, -0.05) is 6.07 Å². The molecule has 1 aromatic carbocycles. The lowest BCUT2D eigenvalue weighted by Gasteiger charge is -2.38. The molecule has 8 nitrogen and oxygen atoms in total. The first-order chi connectivity index (χ1) is 15.7. The van der Waals surface area contributed by atoms with Gasteiger partial charge in [-0.05, 0) is 49.3 Å². The zero-order valence-electron chi connectivity index (χ0n) is 18.8. The van der Waals surface area contributed by atoms with Crippen LogP contribution in [-0.4, -0.2) is 78.7 Å². The summed E-state index contributed by atoms with van der Waals surface area (Å²) in [5, 5.41) is 14.0. The molecule has 0 atom stereocenters. The lowest BCUT2D eigenvalue weighted by atomic mass is 9.85. The Morgan fingerprint density at radius 3 is 2.75 bits per heavy atom. The van der Waals surface area contributed by atoms with Crippen molar-refractivity contribution < 1.29 is 9.84 Å². The summed E-state index contributed by atoms with van der Waals surface area (Å²) in [4.78, 5) is 15.6. The molecule has 0 radical (unpaired) electrons. The van der Waals surface area contributed by atoms with Gasteiger partial charge in [0.05, 0.1) is 25.3 Å². The number of fused-ring (bicyclic) bond motifs is 1. The summed E-state index contributed by atoms with van der Waals surface area (Å²) in [5.41, 5.74) is 8.88. The van der Waals surface area contributed by atoms with Crippen molar-refractivity contribution in [2.75, 3.05) is 51.8 Å². The smallest absolute Gasteiger partial charge is 0.137 e. The molecular weight excluding hydrogens is 404 g/mol. The molecule has 2 aromatic rings. The van der Waals surface area contributed by atoms with Gasteiger partial charge in [0.25, 0.3) is 0 Å². The molecule has 0 unspecified atom stereocenters. The number of nitrogens with one attached hydrogen (secondary N) is 1. The second kappa shape index (κ2) is 10.8.